The third-order valence-corrected chi connectivity index (χ3v) is 4.66. The smallest absolute Gasteiger partial charge is 0.161 e. The van der Waals surface area contributed by atoms with Crippen LogP contribution in [-0.4, -0.2) is 24.0 Å². The molecule has 4 nitrogen and oxygen atoms in total. The van der Waals surface area contributed by atoms with Gasteiger partial charge in [0.1, 0.15) is 18.2 Å². The van der Waals surface area contributed by atoms with Gasteiger partial charge in [-0.3, -0.25) is 0 Å². The Balaban J connectivity index is 1.68. The predicted octanol–water partition coefficient (Wildman–Crippen LogP) is 3.30. The number of thioether (sulfide) groups is 1. The van der Waals surface area contributed by atoms with Crippen molar-refractivity contribution in [3.05, 3.63) is 47.1 Å². The first-order valence-electron chi connectivity index (χ1n) is 6.62. The first kappa shape index (κ1) is 14.5. The van der Waals surface area contributed by atoms with Gasteiger partial charge in [-0.05, 0) is 29.8 Å². The second-order valence-corrected chi connectivity index (χ2v) is 6.03. The highest BCUT2D eigenvalue weighted by Crippen LogP contribution is 2.34. The van der Waals surface area contributed by atoms with E-state index < -0.39 is 0 Å². The number of ether oxygens (including phenoxy) is 2. The summed E-state index contributed by atoms with van der Waals surface area (Å²) >= 11 is 7.64. The number of nitrogens with zero attached hydrogens (tertiary/aromatic N) is 1. The number of halogens is 1. The van der Waals surface area contributed by atoms with Crippen LogP contribution in [0, 0.1) is 0 Å². The van der Waals surface area contributed by atoms with Gasteiger partial charge in [-0.2, -0.15) is 0 Å². The molecule has 0 aliphatic carbocycles. The fourth-order valence-electron chi connectivity index (χ4n) is 2.03. The zero-order chi connectivity index (χ0) is 14.7. The van der Waals surface area contributed by atoms with Crippen molar-refractivity contribution in [2.75, 3.05) is 19.0 Å². The van der Waals surface area contributed by atoms with Crippen LogP contribution in [0.1, 0.15) is 11.6 Å². The molecule has 3 rings (SSSR count). The lowest BCUT2D eigenvalue weighted by atomic mass is 10.1. The SMILES string of the molecule is NC(CSc1ncccc1Cl)c1ccc2c(c1)OCCO2. The summed E-state index contributed by atoms with van der Waals surface area (Å²) in [4.78, 5) is 4.24. The van der Waals surface area contributed by atoms with Crippen LogP contribution >= 0.6 is 23.4 Å². The molecule has 0 spiro atoms. The van der Waals surface area contributed by atoms with Gasteiger partial charge in [-0.15, -0.1) is 11.8 Å². The third kappa shape index (κ3) is 3.43. The van der Waals surface area contributed by atoms with Gasteiger partial charge < -0.3 is 15.2 Å². The fraction of sp³-hybridized carbons (Fsp3) is 0.267. The summed E-state index contributed by atoms with van der Waals surface area (Å²) in [6, 6.07) is 9.34. The van der Waals surface area contributed by atoms with E-state index in [1.807, 2.05) is 30.3 Å². The first-order valence-corrected chi connectivity index (χ1v) is 7.99. The second-order valence-electron chi connectivity index (χ2n) is 4.61. The molecule has 0 bridgehead atoms. The number of aromatic nitrogens is 1. The van der Waals surface area contributed by atoms with E-state index in [2.05, 4.69) is 4.98 Å². The average molecular weight is 323 g/mol. The Labute approximate surface area is 132 Å². The van der Waals surface area contributed by atoms with Gasteiger partial charge in [0, 0.05) is 18.0 Å². The maximum Gasteiger partial charge on any atom is 0.161 e. The Morgan fingerprint density at radius 2 is 2.05 bits per heavy atom. The van der Waals surface area contributed by atoms with Crippen molar-refractivity contribution >= 4 is 23.4 Å². The van der Waals surface area contributed by atoms with E-state index >= 15 is 0 Å². The summed E-state index contributed by atoms with van der Waals surface area (Å²) in [6.45, 7) is 1.16. The van der Waals surface area contributed by atoms with E-state index in [0.717, 1.165) is 22.1 Å². The molecule has 0 amide bonds. The van der Waals surface area contributed by atoms with Gasteiger partial charge in [-0.25, -0.2) is 4.98 Å². The summed E-state index contributed by atoms with van der Waals surface area (Å²) < 4.78 is 11.1. The number of pyridine rings is 1. The summed E-state index contributed by atoms with van der Waals surface area (Å²) in [5, 5.41) is 1.45. The van der Waals surface area contributed by atoms with Crippen LogP contribution in [0.3, 0.4) is 0 Å². The van der Waals surface area contributed by atoms with Crippen molar-refractivity contribution in [3.8, 4) is 11.5 Å². The molecule has 0 fully saturated rings. The van der Waals surface area contributed by atoms with Crippen LogP contribution in [-0.2, 0) is 0 Å². The Kier molecular flexibility index (Phi) is 4.53. The van der Waals surface area contributed by atoms with E-state index in [-0.39, 0.29) is 6.04 Å². The van der Waals surface area contributed by atoms with Gasteiger partial charge >= 0.3 is 0 Å². The Bertz CT molecular complexity index is 639. The summed E-state index contributed by atoms with van der Waals surface area (Å²) in [6.07, 6.45) is 1.73. The molecule has 1 aliphatic rings. The van der Waals surface area contributed by atoms with E-state index in [1.165, 1.54) is 0 Å². The molecule has 0 saturated carbocycles. The van der Waals surface area contributed by atoms with Crippen molar-refractivity contribution in [1.29, 1.82) is 0 Å². The molecule has 0 radical (unpaired) electrons. The molecule has 1 aromatic heterocycles. The van der Waals surface area contributed by atoms with Gasteiger partial charge in [-0.1, -0.05) is 17.7 Å². The van der Waals surface area contributed by atoms with Crippen molar-refractivity contribution < 1.29 is 9.47 Å². The number of hydrogen-bond donors (Lipinski definition) is 1. The number of rotatable bonds is 4. The Morgan fingerprint density at radius 1 is 1.24 bits per heavy atom. The maximum absolute atomic E-state index is 6.24. The largest absolute Gasteiger partial charge is 0.486 e. The van der Waals surface area contributed by atoms with Crippen molar-refractivity contribution in [2.45, 2.75) is 11.1 Å². The number of fused-ring (bicyclic) bond motifs is 1. The van der Waals surface area contributed by atoms with Crippen LogP contribution < -0.4 is 15.2 Å². The van der Waals surface area contributed by atoms with Gasteiger partial charge in [0.2, 0.25) is 0 Å². The van der Waals surface area contributed by atoms with Crippen molar-refractivity contribution in [1.82, 2.24) is 4.98 Å². The van der Waals surface area contributed by atoms with Crippen LogP contribution in [0.4, 0.5) is 0 Å². The summed E-state index contributed by atoms with van der Waals surface area (Å²) in [7, 11) is 0. The molecular weight excluding hydrogens is 308 g/mol. The number of benzene rings is 1. The van der Waals surface area contributed by atoms with Gasteiger partial charge in [0.15, 0.2) is 11.5 Å². The van der Waals surface area contributed by atoms with E-state index in [9.17, 15) is 0 Å². The number of nitrogens with two attached hydrogens (primary N) is 1. The lowest BCUT2D eigenvalue weighted by Gasteiger charge is -2.20. The lowest BCUT2D eigenvalue weighted by molar-refractivity contribution is 0.171. The van der Waals surface area contributed by atoms with E-state index in [1.54, 1.807) is 18.0 Å². The molecule has 6 heteroatoms. The first-order chi connectivity index (χ1) is 10.2. The van der Waals surface area contributed by atoms with Crippen LogP contribution in [0.5, 0.6) is 11.5 Å². The monoisotopic (exact) mass is 322 g/mol. The Morgan fingerprint density at radius 3 is 2.86 bits per heavy atom. The molecule has 1 atom stereocenters. The van der Waals surface area contributed by atoms with Gasteiger partial charge in [0.05, 0.1) is 5.02 Å². The van der Waals surface area contributed by atoms with E-state index in [0.29, 0.717) is 24.0 Å². The average Bonchev–Trinajstić information content (AvgIpc) is 2.53. The third-order valence-electron chi connectivity index (χ3n) is 3.12. The molecule has 1 unspecified atom stereocenters. The highest BCUT2D eigenvalue weighted by Gasteiger charge is 2.15. The van der Waals surface area contributed by atoms with Crippen molar-refractivity contribution in [2.24, 2.45) is 5.73 Å². The minimum Gasteiger partial charge on any atom is -0.486 e. The standard InChI is InChI=1S/C15H15ClN2O2S/c16-11-2-1-5-18-15(11)21-9-12(17)10-3-4-13-14(8-10)20-7-6-19-13/h1-5,8,12H,6-7,9,17H2. The second kappa shape index (κ2) is 6.56. The highest BCUT2D eigenvalue weighted by atomic mass is 35.5. The zero-order valence-corrected chi connectivity index (χ0v) is 12.9. The lowest BCUT2D eigenvalue weighted by Crippen LogP contribution is -2.17. The molecule has 2 aromatic rings. The molecule has 0 saturated heterocycles. The van der Waals surface area contributed by atoms with Crippen molar-refractivity contribution in [3.63, 3.8) is 0 Å². The molecule has 1 aromatic carbocycles. The topological polar surface area (TPSA) is 57.4 Å². The number of hydrogen-bond acceptors (Lipinski definition) is 5. The molecule has 110 valence electrons. The minimum atomic E-state index is -0.121. The van der Waals surface area contributed by atoms with Crippen LogP contribution in [0.15, 0.2) is 41.6 Å². The molecule has 21 heavy (non-hydrogen) atoms. The van der Waals surface area contributed by atoms with Crippen LogP contribution in [0.2, 0.25) is 5.02 Å². The molecular formula is C15H15ClN2O2S. The Hall–Kier alpha value is -1.43. The predicted molar refractivity (Wildman–Crippen MR) is 84.3 cm³/mol. The fourth-order valence-corrected chi connectivity index (χ4v) is 3.19. The normalized spacial score (nSPS) is 14.8. The van der Waals surface area contributed by atoms with E-state index in [4.69, 9.17) is 26.8 Å². The zero-order valence-electron chi connectivity index (χ0n) is 11.3. The maximum atomic E-state index is 6.24. The minimum absolute atomic E-state index is 0.121. The summed E-state index contributed by atoms with van der Waals surface area (Å²) in [5.74, 6) is 2.23. The molecule has 1 aliphatic heterocycles. The van der Waals surface area contributed by atoms with Gasteiger partial charge in [0.25, 0.3) is 0 Å². The summed E-state index contributed by atoms with van der Waals surface area (Å²) in [5.41, 5.74) is 7.25. The van der Waals surface area contributed by atoms with Crippen LogP contribution in [0.25, 0.3) is 0 Å². The molecule has 2 N–H and O–H groups in total. The quantitative estimate of drug-likeness (QED) is 0.875. The molecule has 2 heterocycles. The highest BCUT2D eigenvalue weighted by molar-refractivity contribution is 7.99.